The van der Waals surface area contributed by atoms with E-state index in [0.29, 0.717) is 28.6 Å². The largest absolute Gasteiger partial charge is 0.398 e. The molecule has 0 atom stereocenters. The van der Waals surface area contributed by atoms with Crippen LogP contribution < -0.4 is 10.5 Å². The first kappa shape index (κ1) is 14.3. The summed E-state index contributed by atoms with van der Waals surface area (Å²) >= 11 is 0. The SMILES string of the molecule is Cc1ccc(N)c(C)c1S(=O)(=O)NCCC1CCC1. The van der Waals surface area contributed by atoms with E-state index in [1.807, 2.05) is 0 Å². The van der Waals surface area contributed by atoms with Crippen molar-refractivity contribution in [3.63, 3.8) is 0 Å². The van der Waals surface area contributed by atoms with Crippen molar-refractivity contribution in [3.8, 4) is 0 Å². The molecule has 1 aliphatic rings. The van der Waals surface area contributed by atoms with Gasteiger partial charge in [0.1, 0.15) is 0 Å². The number of sulfonamides is 1. The summed E-state index contributed by atoms with van der Waals surface area (Å²) in [4.78, 5) is 0.334. The Morgan fingerprint density at radius 2 is 2.00 bits per heavy atom. The van der Waals surface area contributed by atoms with Gasteiger partial charge in [0.15, 0.2) is 0 Å². The van der Waals surface area contributed by atoms with E-state index in [2.05, 4.69) is 4.72 Å². The number of anilines is 1. The van der Waals surface area contributed by atoms with Crippen molar-refractivity contribution in [2.24, 2.45) is 5.92 Å². The summed E-state index contributed by atoms with van der Waals surface area (Å²) in [6.07, 6.45) is 4.68. The Hall–Kier alpha value is -1.07. The maximum atomic E-state index is 12.3. The molecule has 0 heterocycles. The normalized spacial score (nSPS) is 16.3. The van der Waals surface area contributed by atoms with Crippen LogP contribution in [-0.4, -0.2) is 15.0 Å². The molecule has 1 saturated carbocycles. The minimum absolute atomic E-state index is 0.334. The van der Waals surface area contributed by atoms with Gasteiger partial charge in [0.25, 0.3) is 0 Å². The van der Waals surface area contributed by atoms with Gasteiger partial charge in [-0.1, -0.05) is 25.3 Å². The van der Waals surface area contributed by atoms with Gasteiger partial charge in [-0.25, -0.2) is 13.1 Å². The molecule has 5 heteroatoms. The maximum Gasteiger partial charge on any atom is 0.241 e. The molecular formula is C14H22N2O2S. The van der Waals surface area contributed by atoms with E-state index in [4.69, 9.17) is 5.73 Å². The molecule has 1 aromatic carbocycles. The Balaban J connectivity index is 2.12. The van der Waals surface area contributed by atoms with Gasteiger partial charge in [0.2, 0.25) is 10.0 Å². The molecule has 0 unspecified atom stereocenters. The number of nitrogen functional groups attached to an aromatic ring is 1. The van der Waals surface area contributed by atoms with Crippen LogP contribution in [-0.2, 0) is 10.0 Å². The van der Waals surface area contributed by atoms with Crippen LogP contribution in [0.1, 0.15) is 36.8 Å². The van der Waals surface area contributed by atoms with Crippen LogP contribution in [0.2, 0.25) is 0 Å². The second kappa shape index (κ2) is 5.51. The van der Waals surface area contributed by atoms with Gasteiger partial charge in [-0.3, -0.25) is 0 Å². The van der Waals surface area contributed by atoms with Gasteiger partial charge < -0.3 is 5.73 Å². The van der Waals surface area contributed by atoms with E-state index in [-0.39, 0.29) is 0 Å². The van der Waals surface area contributed by atoms with Crippen LogP contribution in [0.4, 0.5) is 5.69 Å². The van der Waals surface area contributed by atoms with Crippen LogP contribution >= 0.6 is 0 Å². The Bertz CT molecular complexity index is 563. The zero-order valence-corrected chi connectivity index (χ0v) is 12.4. The third-order valence-corrected chi connectivity index (χ3v) is 5.73. The second-order valence-corrected chi connectivity index (χ2v) is 7.11. The van der Waals surface area contributed by atoms with E-state index in [0.717, 1.165) is 12.0 Å². The Morgan fingerprint density at radius 3 is 2.58 bits per heavy atom. The molecule has 0 aliphatic heterocycles. The summed E-state index contributed by atoms with van der Waals surface area (Å²) < 4.78 is 27.4. The first-order valence-corrected chi connectivity index (χ1v) is 8.25. The van der Waals surface area contributed by atoms with Gasteiger partial charge in [0.05, 0.1) is 4.90 Å². The predicted octanol–water partition coefficient (Wildman–Crippen LogP) is 2.35. The number of aryl methyl sites for hydroxylation is 1. The van der Waals surface area contributed by atoms with Crippen molar-refractivity contribution in [2.75, 3.05) is 12.3 Å². The lowest BCUT2D eigenvalue weighted by Crippen LogP contribution is -2.28. The molecule has 1 aromatic rings. The van der Waals surface area contributed by atoms with Crippen molar-refractivity contribution >= 4 is 15.7 Å². The van der Waals surface area contributed by atoms with E-state index in [9.17, 15) is 8.42 Å². The molecular weight excluding hydrogens is 260 g/mol. The molecule has 0 amide bonds. The third-order valence-electron chi connectivity index (χ3n) is 3.98. The maximum absolute atomic E-state index is 12.3. The summed E-state index contributed by atoms with van der Waals surface area (Å²) in [5, 5.41) is 0. The summed E-state index contributed by atoms with van der Waals surface area (Å²) in [7, 11) is -3.45. The van der Waals surface area contributed by atoms with Gasteiger partial charge in [-0.05, 0) is 43.4 Å². The predicted molar refractivity (Wildman–Crippen MR) is 77.5 cm³/mol. The lowest BCUT2D eigenvalue weighted by molar-refractivity contribution is 0.297. The highest BCUT2D eigenvalue weighted by Gasteiger charge is 2.22. The topological polar surface area (TPSA) is 72.2 Å². The van der Waals surface area contributed by atoms with Gasteiger partial charge in [-0.2, -0.15) is 0 Å². The molecule has 0 radical (unpaired) electrons. The van der Waals surface area contributed by atoms with Crippen LogP contribution in [0.3, 0.4) is 0 Å². The molecule has 2 rings (SSSR count). The summed E-state index contributed by atoms with van der Waals surface area (Å²) in [5.41, 5.74) is 7.69. The van der Waals surface area contributed by atoms with Crippen molar-refractivity contribution < 1.29 is 8.42 Å². The molecule has 0 spiro atoms. The van der Waals surface area contributed by atoms with E-state index < -0.39 is 10.0 Å². The molecule has 3 N–H and O–H groups in total. The highest BCUT2D eigenvalue weighted by Crippen LogP contribution is 2.29. The van der Waals surface area contributed by atoms with Crippen molar-refractivity contribution in [1.29, 1.82) is 0 Å². The molecule has 0 saturated heterocycles. The van der Waals surface area contributed by atoms with Gasteiger partial charge in [-0.15, -0.1) is 0 Å². The summed E-state index contributed by atoms with van der Waals surface area (Å²) in [5.74, 6) is 0.700. The fraction of sp³-hybridized carbons (Fsp3) is 0.571. The number of nitrogens with two attached hydrogens (primary N) is 1. The minimum Gasteiger partial charge on any atom is -0.398 e. The lowest BCUT2D eigenvalue weighted by Gasteiger charge is -2.25. The Kier molecular flexibility index (Phi) is 4.16. The number of benzene rings is 1. The van der Waals surface area contributed by atoms with Crippen molar-refractivity contribution in [3.05, 3.63) is 23.3 Å². The third kappa shape index (κ3) is 3.09. The Morgan fingerprint density at radius 1 is 1.32 bits per heavy atom. The second-order valence-electron chi connectivity index (χ2n) is 5.41. The van der Waals surface area contributed by atoms with Crippen LogP contribution in [0.25, 0.3) is 0 Å². The fourth-order valence-corrected chi connectivity index (χ4v) is 4.05. The van der Waals surface area contributed by atoms with E-state index in [1.165, 1.54) is 19.3 Å². The zero-order chi connectivity index (χ0) is 14.0. The number of hydrogen-bond donors (Lipinski definition) is 2. The van der Waals surface area contributed by atoms with E-state index in [1.54, 1.807) is 26.0 Å². The summed E-state index contributed by atoms with van der Waals surface area (Å²) in [6, 6.07) is 3.50. The molecule has 0 aromatic heterocycles. The molecule has 4 nitrogen and oxygen atoms in total. The van der Waals surface area contributed by atoms with Crippen molar-refractivity contribution in [1.82, 2.24) is 4.72 Å². The molecule has 0 bridgehead atoms. The quantitative estimate of drug-likeness (QED) is 0.814. The first-order chi connectivity index (χ1) is 8.92. The highest BCUT2D eigenvalue weighted by molar-refractivity contribution is 7.89. The van der Waals surface area contributed by atoms with Crippen LogP contribution in [0.15, 0.2) is 17.0 Å². The molecule has 1 fully saturated rings. The number of nitrogens with one attached hydrogen (secondary N) is 1. The number of rotatable bonds is 5. The molecule has 19 heavy (non-hydrogen) atoms. The van der Waals surface area contributed by atoms with Crippen molar-refractivity contribution in [2.45, 2.75) is 44.4 Å². The van der Waals surface area contributed by atoms with Gasteiger partial charge >= 0.3 is 0 Å². The van der Waals surface area contributed by atoms with Crippen LogP contribution in [0, 0.1) is 19.8 Å². The first-order valence-electron chi connectivity index (χ1n) is 6.77. The molecule has 1 aliphatic carbocycles. The van der Waals surface area contributed by atoms with E-state index >= 15 is 0 Å². The fourth-order valence-electron chi connectivity index (χ4n) is 2.51. The Labute approximate surface area is 115 Å². The van der Waals surface area contributed by atoms with Crippen LogP contribution in [0.5, 0.6) is 0 Å². The zero-order valence-electron chi connectivity index (χ0n) is 11.6. The minimum atomic E-state index is -3.45. The standard InChI is InChI=1S/C14H22N2O2S/c1-10-6-7-13(15)11(2)14(10)19(17,18)16-9-8-12-4-3-5-12/h6-7,12,16H,3-5,8-9,15H2,1-2H3. The average molecular weight is 282 g/mol. The van der Waals surface area contributed by atoms with Gasteiger partial charge in [0, 0.05) is 12.2 Å². The lowest BCUT2D eigenvalue weighted by atomic mass is 9.83. The number of hydrogen-bond acceptors (Lipinski definition) is 3. The highest BCUT2D eigenvalue weighted by atomic mass is 32.2. The smallest absolute Gasteiger partial charge is 0.241 e. The summed E-state index contributed by atoms with van der Waals surface area (Å²) in [6.45, 7) is 4.07. The molecule has 106 valence electrons. The monoisotopic (exact) mass is 282 g/mol. The average Bonchev–Trinajstić information content (AvgIpc) is 2.27.